The molecule has 0 aromatic heterocycles. The zero-order valence-electron chi connectivity index (χ0n) is 33.0. The van der Waals surface area contributed by atoms with Crippen LogP contribution in [0.3, 0.4) is 0 Å². The molecule has 1 aromatic carbocycles. The number of fused-ring (bicyclic) bond motifs is 3. The smallest absolute Gasteiger partial charge is 0.408 e. The molecule has 4 N–H and O–H groups in total. The van der Waals surface area contributed by atoms with Crippen molar-refractivity contribution in [2.45, 2.75) is 129 Å². The summed E-state index contributed by atoms with van der Waals surface area (Å²) in [5.41, 5.74) is -0.427. The molecule has 4 rings (SSSR count). The number of Topliss-reactive ketones (excluding diaryl/α,β-unsaturated/α-hetero) is 1. The van der Waals surface area contributed by atoms with Crippen LogP contribution in [0.1, 0.15) is 110 Å². The van der Waals surface area contributed by atoms with Crippen molar-refractivity contribution >= 4 is 41.4 Å². The van der Waals surface area contributed by atoms with E-state index in [-0.39, 0.29) is 35.5 Å². The number of nitrogens with zero attached hydrogens (tertiary/aromatic N) is 2. The number of rotatable bonds is 8. The summed E-state index contributed by atoms with van der Waals surface area (Å²) in [6.07, 6.45) is 6.77. The SMILES string of the molecule is CN(C)C(=O)[C@@H](NC(=O)CNC(=O)C(=O)[C@@H]1CCCCCCCCCCC(NC(=O)OC(C)(C)C)C(=O)N2C[C@H]3[C@@H]([C@H]2C(=O)N1)C3(C)C)c1ccccc1. The molecular formula is C40H60N6O8. The van der Waals surface area contributed by atoms with Gasteiger partial charge in [0.25, 0.3) is 5.91 Å². The Labute approximate surface area is 319 Å². The van der Waals surface area contributed by atoms with Gasteiger partial charge in [-0.15, -0.1) is 0 Å². The van der Waals surface area contributed by atoms with Crippen molar-refractivity contribution in [3.63, 3.8) is 0 Å². The lowest BCUT2D eigenvalue weighted by Crippen LogP contribution is -2.58. The number of carbonyl (C=O) groups excluding carboxylic acids is 7. The van der Waals surface area contributed by atoms with Crippen molar-refractivity contribution in [2.24, 2.45) is 17.3 Å². The van der Waals surface area contributed by atoms with Gasteiger partial charge in [-0.1, -0.05) is 95.5 Å². The second-order valence-electron chi connectivity index (χ2n) is 16.7. The summed E-state index contributed by atoms with van der Waals surface area (Å²) in [4.78, 5) is 96.9. The highest BCUT2D eigenvalue weighted by molar-refractivity contribution is 6.38. The van der Waals surface area contributed by atoms with Gasteiger partial charge in [-0.05, 0) is 56.4 Å². The minimum Gasteiger partial charge on any atom is -0.444 e. The van der Waals surface area contributed by atoms with Gasteiger partial charge in [-0.25, -0.2) is 4.79 Å². The highest BCUT2D eigenvalue weighted by Gasteiger charge is 2.69. The molecule has 0 bridgehead atoms. The van der Waals surface area contributed by atoms with Gasteiger partial charge >= 0.3 is 6.09 Å². The van der Waals surface area contributed by atoms with E-state index in [0.29, 0.717) is 24.9 Å². The average Bonchev–Trinajstić information content (AvgIpc) is 3.41. The fraction of sp³-hybridized carbons (Fsp3) is 0.675. The molecule has 6 amide bonds. The summed E-state index contributed by atoms with van der Waals surface area (Å²) in [6, 6.07) is 4.71. The van der Waals surface area contributed by atoms with E-state index < -0.39 is 65.9 Å². The van der Waals surface area contributed by atoms with Gasteiger partial charge in [0.2, 0.25) is 29.4 Å². The average molecular weight is 753 g/mol. The Morgan fingerprint density at radius 3 is 2.11 bits per heavy atom. The third-order valence-electron chi connectivity index (χ3n) is 10.9. The molecule has 6 atom stereocenters. The summed E-state index contributed by atoms with van der Waals surface area (Å²) < 4.78 is 5.48. The zero-order valence-corrected chi connectivity index (χ0v) is 33.0. The Balaban J connectivity index is 1.50. The van der Waals surface area contributed by atoms with Crippen LogP contribution in [0.5, 0.6) is 0 Å². The Kier molecular flexibility index (Phi) is 14.3. The van der Waals surface area contributed by atoms with Crippen LogP contribution in [-0.2, 0) is 33.5 Å². The number of hydrogen-bond acceptors (Lipinski definition) is 8. The highest BCUT2D eigenvalue weighted by atomic mass is 16.6. The van der Waals surface area contributed by atoms with Gasteiger partial charge in [-0.3, -0.25) is 28.8 Å². The van der Waals surface area contributed by atoms with Crippen LogP contribution in [0, 0.1) is 17.3 Å². The zero-order chi connectivity index (χ0) is 39.8. The highest BCUT2D eigenvalue weighted by Crippen LogP contribution is 2.65. The number of benzene rings is 1. The van der Waals surface area contributed by atoms with E-state index in [1.165, 1.54) is 9.80 Å². The molecular weight excluding hydrogens is 692 g/mol. The standard InChI is InChI=1S/C40H60N6O8/c1-39(2,3)54-38(53)43-28-22-18-13-11-9-8-10-12-17-21-27(42-34(49)32-30-26(40(30,4)5)24-46(32)36(28)51)33(48)35(50)41-23-29(47)44-31(37(52)45(6)7)25-19-15-14-16-20-25/h14-16,19-20,26-28,30-32H,8-13,17-18,21-24H2,1-7H3,(H,41,50)(H,42,49)(H,43,53)(H,44,47)/t26-,27-,28?,30-,31-,32-/m0/s1. The number of nitrogens with one attached hydrogen (secondary N) is 4. The summed E-state index contributed by atoms with van der Waals surface area (Å²) in [5, 5.41) is 10.6. The van der Waals surface area contributed by atoms with Crippen molar-refractivity contribution in [2.75, 3.05) is 27.2 Å². The number of ether oxygens (including phenoxy) is 1. The number of amides is 6. The predicted molar refractivity (Wildman–Crippen MR) is 202 cm³/mol. The molecule has 1 aliphatic carbocycles. The third kappa shape index (κ3) is 11.0. The molecule has 1 aromatic rings. The number of hydrogen-bond donors (Lipinski definition) is 4. The van der Waals surface area contributed by atoms with Crippen LogP contribution in [0.2, 0.25) is 0 Å². The third-order valence-corrected chi connectivity index (χ3v) is 10.9. The molecule has 0 spiro atoms. The lowest BCUT2D eigenvalue weighted by Gasteiger charge is -2.34. The first-order chi connectivity index (χ1) is 25.4. The quantitative estimate of drug-likeness (QED) is 0.292. The minimum atomic E-state index is -1.18. The summed E-state index contributed by atoms with van der Waals surface area (Å²) >= 11 is 0. The van der Waals surface area contributed by atoms with Crippen LogP contribution in [0.15, 0.2) is 30.3 Å². The Morgan fingerprint density at radius 1 is 0.926 bits per heavy atom. The second kappa shape index (κ2) is 18.2. The van der Waals surface area contributed by atoms with Crippen LogP contribution < -0.4 is 21.3 Å². The maximum absolute atomic E-state index is 14.2. The lowest BCUT2D eigenvalue weighted by atomic mass is 9.97. The fourth-order valence-corrected chi connectivity index (χ4v) is 7.81. The summed E-state index contributed by atoms with van der Waals surface area (Å²) in [6.45, 7) is 9.09. The van der Waals surface area contributed by atoms with E-state index in [2.05, 4.69) is 21.3 Å². The van der Waals surface area contributed by atoms with Crippen molar-refractivity contribution in [3.05, 3.63) is 35.9 Å². The topological polar surface area (TPSA) is 183 Å². The van der Waals surface area contributed by atoms with Crippen molar-refractivity contribution < 1.29 is 38.3 Å². The largest absolute Gasteiger partial charge is 0.444 e. The number of carbonyl (C=O) groups is 7. The van der Waals surface area contributed by atoms with Gasteiger partial charge in [0.15, 0.2) is 0 Å². The first kappa shape index (κ1) is 42.3. The van der Waals surface area contributed by atoms with Gasteiger partial charge in [-0.2, -0.15) is 0 Å². The van der Waals surface area contributed by atoms with Gasteiger partial charge in [0.05, 0.1) is 12.6 Å². The van der Waals surface area contributed by atoms with Gasteiger partial charge in [0, 0.05) is 20.6 Å². The number of piperidine rings is 1. The van der Waals surface area contributed by atoms with E-state index >= 15 is 0 Å². The summed E-state index contributed by atoms with van der Waals surface area (Å²) in [7, 11) is 3.14. The predicted octanol–water partition coefficient (Wildman–Crippen LogP) is 3.39. The van der Waals surface area contributed by atoms with E-state index in [4.69, 9.17) is 4.74 Å². The van der Waals surface area contributed by atoms with Crippen molar-refractivity contribution in [3.8, 4) is 0 Å². The van der Waals surface area contributed by atoms with Crippen LogP contribution in [0.25, 0.3) is 0 Å². The minimum absolute atomic E-state index is 0.0556. The molecule has 2 saturated heterocycles. The second-order valence-corrected chi connectivity index (χ2v) is 16.7. The summed E-state index contributed by atoms with van der Waals surface area (Å²) in [5.74, 6) is -3.99. The molecule has 298 valence electrons. The molecule has 3 aliphatic rings. The molecule has 0 radical (unpaired) electrons. The van der Waals surface area contributed by atoms with Crippen LogP contribution >= 0.6 is 0 Å². The van der Waals surface area contributed by atoms with Crippen LogP contribution in [0.4, 0.5) is 4.79 Å². The molecule has 1 saturated carbocycles. The van der Waals surface area contributed by atoms with Crippen molar-refractivity contribution in [1.82, 2.24) is 31.1 Å². The Hall–Kier alpha value is -4.49. The van der Waals surface area contributed by atoms with Crippen LogP contribution in [-0.4, -0.2) is 102 Å². The first-order valence-electron chi connectivity index (χ1n) is 19.4. The first-order valence-corrected chi connectivity index (χ1v) is 19.4. The number of ketones is 1. The van der Waals surface area contributed by atoms with Gasteiger partial charge < -0.3 is 35.8 Å². The monoisotopic (exact) mass is 752 g/mol. The van der Waals surface area contributed by atoms with E-state index in [9.17, 15) is 33.6 Å². The van der Waals surface area contributed by atoms with Crippen molar-refractivity contribution in [1.29, 1.82) is 0 Å². The molecule has 2 heterocycles. The van der Waals surface area contributed by atoms with Gasteiger partial charge in [0.1, 0.15) is 23.7 Å². The Bertz CT molecular complexity index is 1540. The maximum atomic E-state index is 14.2. The normalized spacial score (nSPS) is 25.4. The Morgan fingerprint density at radius 2 is 1.52 bits per heavy atom. The molecule has 14 heteroatoms. The molecule has 2 aliphatic heterocycles. The van der Waals surface area contributed by atoms with E-state index in [0.717, 1.165) is 44.9 Å². The molecule has 1 unspecified atom stereocenters. The molecule has 14 nitrogen and oxygen atoms in total. The van der Waals surface area contributed by atoms with E-state index in [1.807, 2.05) is 13.8 Å². The molecule has 54 heavy (non-hydrogen) atoms. The fourth-order valence-electron chi connectivity index (χ4n) is 7.81. The maximum Gasteiger partial charge on any atom is 0.408 e. The molecule has 3 fully saturated rings. The lowest BCUT2D eigenvalue weighted by molar-refractivity contribution is -0.144. The number of alkyl carbamates (subject to hydrolysis) is 1. The number of likely N-dealkylation sites (N-methyl/N-ethyl adjacent to an activating group) is 1. The van der Waals surface area contributed by atoms with E-state index in [1.54, 1.807) is 65.2 Å².